The lowest BCUT2D eigenvalue weighted by Crippen LogP contribution is -2.12. The van der Waals surface area contributed by atoms with Crippen LogP contribution in [-0.2, 0) is 11.2 Å². The second-order valence-corrected chi connectivity index (χ2v) is 6.41. The number of hydrogen-bond donors (Lipinski definition) is 1. The van der Waals surface area contributed by atoms with Gasteiger partial charge in [-0.2, -0.15) is 9.61 Å². The predicted octanol–water partition coefficient (Wildman–Crippen LogP) is 2.52. The normalized spacial score (nSPS) is 11.4. The van der Waals surface area contributed by atoms with Crippen molar-refractivity contribution in [1.82, 2.24) is 24.8 Å². The molecule has 1 N–H and O–H groups in total. The molecule has 0 saturated heterocycles. The summed E-state index contributed by atoms with van der Waals surface area (Å²) in [5.74, 6) is 1.21. The number of benzene rings is 1. The third-order valence-electron chi connectivity index (χ3n) is 3.55. The van der Waals surface area contributed by atoms with Crippen molar-refractivity contribution in [2.45, 2.75) is 26.7 Å². The maximum atomic E-state index is 12.2. The van der Waals surface area contributed by atoms with Gasteiger partial charge < -0.3 is 9.73 Å². The van der Waals surface area contributed by atoms with E-state index in [9.17, 15) is 4.79 Å². The predicted molar refractivity (Wildman–Crippen MR) is 89.1 cm³/mol. The van der Waals surface area contributed by atoms with Crippen LogP contribution < -0.4 is 5.32 Å². The molecule has 0 saturated carbocycles. The van der Waals surface area contributed by atoms with Crippen LogP contribution in [0.1, 0.15) is 23.1 Å². The number of nitrogens with zero attached hydrogens (tertiary/aromatic N) is 5. The molecule has 8 nitrogen and oxygen atoms in total. The van der Waals surface area contributed by atoms with Gasteiger partial charge in [-0.1, -0.05) is 17.4 Å². The van der Waals surface area contributed by atoms with Gasteiger partial charge in [-0.15, -0.1) is 10.2 Å². The van der Waals surface area contributed by atoms with Gasteiger partial charge >= 0.3 is 0 Å². The van der Waals surface area contributed by atoms with Crippen LogP contribution in [0, 0.1) is 13.8 Å². The number of anilines is 1. The van der Waals surface area contributed by atoms with E-state index in [0.29, 0.717) is 30.0 Å². The highest BCUT2D eigenvalue weighted by Gasteiger charge is 2.13. The first kappa shape index (κ1) is 14.8. The summed E-state index contributed by atoms with van der Waals surface area (Å²) in [5, 5.41) is 16.1. The molecule has 4 aromatic rings. The number of aryl methyl sites for hydroxylation is 3. The number of nitrogens with one attached hydrogen (secondary N) is 1. The summed E-state index contributed by atoms with van der Waals surface area (Å²) in [7, 11) is 0. The van der Waals surface area contributed by atoms with E-state index in [2.05, 4.69) is 25.6 Å². The highest BCUT2D eigenvalue weighted by atomic mass is 32.1. The summed E-state index contributed by atoms with van der Waals surface area (Å²) in [6, 6.07) is 5.49. The fourth-order valence-electron chi connectivity index (χ4n) is 2.45. The zero-order valence-electron chi connectivity index (χ0n) is 13.1. The van der Waals surface area contributed by atoms with Crippen LogP contribution in [0.5, 0.6) is 0 Å². The molecule has 0 fully saturated rings. The molecule has 3 heterocycles. The SMILES string of the molecule is Cc1nc2cccc(NC(=O)CCc3nn4c(C)nnc4s3)c2o1. The molecule has 0 aliphatic rings. The summed E-state index contributed by atoms with van der Waals surface area (Å²) >= 11 is 1.44. The largest absolute Gasteiger partial charge is 0.439 e. The van der Waals surface area contributed by atoms with Crippen molar-refractivity contribution in [3.05, 3.63) is 34.9 Å². The second-order valence-electron chi connectivity index (χ2n) is 5.37. The maximum Gasteiger partial charge on any atom is 0.234 e. The van der Waals surface area contributed by atoms with Crippen LogP contribution in [0.25, 0.3) is 16.1 Å². The van der Waals surface area contributed by atoms with Gasteiger partial charge in [0.2, 0.25) is 10.9 Å². The average Bonchev–Trinajstić information content (AvgIpc) is 3.21. The number of carbonyl (C=O) groups is 1. The first-order chi connectivity index (χ1) is 11.6. The van der Waals surface area contributed by atoms with E-state index < -0.39 is 0 Å². The lowest BCUT2D eigenvalue weighted by molar-refractivity contribution is -0.116. The summed E-state index contributed by atoms with van der Waals surface area (Å²) < 4.78 is 7.24. The van der Waals surface area contributed by atoms with Crippen molar-refractivity contribution < 1.29 is 9.21 Å². The van der Waals surface area contributed by atoms with E-state index in [1.165, 1.54) is 11.3 Å². The maximum absolute atomic E-state index is 12.2. The van der Waals surface area contributed by atoms with Crippen molar-refractivity contribution in [3.63, 3.8) is 0 Å². The third kappa shape index (κ3) is 2.62. The number of aromatic nitrogens is 5. The number of para-hydroxylation sites is 1. The Hall–Kier alpha value is -2.81. The molecule has 24 heavy (non-hydrogen) atoms. The molecule has 0 radical (unpaired) electrons. The molecule has 0 aliphatic carbocycles. The summed E-state index contributed by atoms with van der Waals surface area (Å²) in [6.07, 6.45) is 0.872. The summed E-state index contributed by atoms with van der Waals surface area (Å²) in [5.41, 5.74) is 1.96. The molecule has 0 bridgehead atoms. The van der Waals surface area contributed by atoms with E-state index in [1.807, 2.05) is 19.1 Å². The van der Waals surface area contributed by atoms with E-state index in [4.69, 9.17) is 4.42 Å². The van der Waals surface area contributed by atoms with Crippen molar-refractivity contribution in [3.8, 4) is 0 Å². The minimum absolute atomic E-state index is 0.0979. The van der Waals surface area contributed by atoms with E-state index in [-0.39, 0.29) is 5.91 Å². The van der Waals surface area contributed by atoms with Crippen molar-refractivity contribution in [2.24, 2.45) is 0 Å². The van der Waals surface area contributed by atoms with Crippen LogP contribution in [0.4, 0.5) is 5.69 Å². The van der Waals surface area contributed by atoms with Crippen LogP contribution in [-0.4, -0.2) is 30.7 Å². The molecular weight excluding hydrogens is 328 g/mol. The quantitative estimate of drug-likeness (QED) is 0.612. The monoisotopic (exact) mass is 342 g/mol. The molecule has 3 aromatic heterocycles. The zero-order valence-corrected chi connectivity index (χ0v) is 13.9. The van der Waals surface area contributed by atoms with Gasteiger partial charge in [-0.3, -0.25) is 4.79 Å². The van der Waals surface area contributed by atoms with Crippen molar-refractivity contribution in [1.29, 1.82) is 0 Å². The Kier molecular flexibility index (Phi) is 3.49. The first-order valence-electron chi connectivity index (χ1n) is 7.44. The van der Waals surface area contributed by atoms with Crippen molar-refractivity contribution >= 4 is 39.0 Å². The van der Waals surface area contributed by atoms with Gasteiger partial charge in [0.25, 0.3) is 0 Å². The van der Waals surface area contributed by atoms with Gasteiger partial charge in [0, 0.05) is 19.8 Å². The van der Waals surface area contributed by atoms with Crippen molar-refractivity contribution in [2.75, 3.05) is 5.32 Å². The zero-order chi connectivity index (χ0) is 16.7. The molecule has 0 spiro atoms. The summed E-state index contributed by atoms with van der Waals surface area (Å²) in [4.78, 5) is 17.2. The van der Waals surface area contributed by atoms with E-state index in [1.54, 1.807) is 17.5 Å². The Balaban J connectivity index is 1.46. The molecular formula is C15H14N6O2S. The van der Waals surface area contributed by atoms with Gasteiger partial charge in [0.05, 0.1) is 5.69 Å². The highest BCUT2D eigenvalue weighted by molar-refractivity contribution is 7.16. The van der Waals surface area contributed by atoms with Gasteiger partial charge in [0.15, 0.2) is 17.3 Å². The molecule has 0 atom stereocenters. The standard InChI is InChI=1S/C15H14N6O2S/c1-8-18-19-15-21(8)20-13(24-15)7-6-12(22)17-11-5-3-4-10-14(11)23-9(2)16-10/h3-5H,6-7H2,1-2H3,(H,17,22). The van der Waals surface area contributed by atoms with Crippen LogP contribution in [0.3, 0.4) is 0 Å². The Morgan fingerprint density at radius 1 is 1.33 bits per heavy atom. The first-order valence-corrected chi connectivity index (χ1v) is 8.25. The smallest absolute Gasteiger partial charge is 0.234 e. The second kappa shape index (κ2) is 5.68. The number of rotatable bonds is 4. The number of fused-ring (bicyclic) bond motifs is 2. The minimum atomic E-state index is -0.0979. The lowest BCUT2D eigenvalue weighted by Gasteiger charge is -2.04. The van der Waals surface area contributed by atoms with E-state index in [0.717, 1.165) is 21.3 Å². The number of oxazole rings is 1. The fourth-order valence-corrected chi connectivity index (χ4v) is 3.33. The van der Waals surface area contributed by atoms with Gasteiger partial charge in [0.1, 0.15) is 10.5 Å². The molecule has 1 amide bonds. The number of hydrogen-bond acceptors (Lipinski definition) is 7. The van der Waals surface area contributed by atoms with Crippen LogP contribution in [0.15, 0.2) is 22.6 Å². The topological polar surface area (TPSA) is 98.2 Å². The molecule has 0 unspecified atom stereocenters. The molecule has 1 aromatic carbocycles. The Morgan fingerprint density at radius 3 is 3.04 bits per heavy atom. The van der Waals surface area contributed by atoms with Crippen LogP contribution in [0.2, 0.25) is 0 Å². The lowest BCUT2D eigenvalue weighted by atomic mass is 10.2. The minimum Gasteiger partial charge on any atom is -0.439 e. The molecule has 9 heteroatoms. The molecule has 0 aliphatic heterocycles. The number of amides is 1. The molecule has 122 valence electrons. The van der Waals surface area contributed by atoms with Gasteiger partial charge in [-0.25, -0.2) is 4.98 Å². The Morgan fingerprint density at radius 2 is 2.21 bits per heavy atom. The number of carbonyl (C=O) groups excluding carboxylic acids is 1. The third-order valence-corrected chi connectivity index (χ3v) is 4.51. The summed E-state index contributed by atoms with van der Waals surface area (Å²) in [6.45, 7) is 3.62. The van der Waals surface area contributed by atoms with Gasteiger partial charge in [-0.05, 0) is 19.1 Å². The fraction of sp³-hybridized carbons (Fsp3) is 0.267. The highest BCUT2D eigenvalue weighted by Crippen LogP contribution is 2.24. The average molecular weight is 342 g/mol. The van der Waals surface area contributed by atoms with E-state index >= 15 is 0 Å². The molecule has 4 rings (SSSR count). The Bertz CT molecular complexity index is 1050. The van der Waals surface area contributed by atoms with Crippen LogP contribution >= 0.6 is 11.3 Å². The Labute approximate surface area is 140 Å².